The number of aryl methyl sites for hydroxylation is 1. The van der Waals surface area contributed by atoms with Crippen LogP contribution in [0.25, 0.3) is 0 Å². The summed E-state index contributed by atoms with van der Waals surface area (Å²) in [5.74, 6) is -0.352. The normalized spacial score (nSPS) is 10.6. The molecule has 0 unspecified atom stereocenters. The summed E-state index contributed by atoms with van der Waals surface area (Å²) in [6.45, 7) is 2.19. The quantitative estimate of drug-likeness (QED) is 0.854. The maximum atomic E-state index is 10.7. The van der Waals surface area contributed by atoms with E-state index < -0.39 is 5.97 Å². The molecule has 0 amide bonds. The van der Waals surface area contributed by atoms with E-state index in [0.29, 0.717) is 12.2 Å². The second-order valence-corrected chi connectivity index (χ2v) is 4.67. The van der Waals surface area contributed by atoms with Crippen molar-refractivity contribution in [2.45, 2.75) is 32.6 Å². The zero-order valence-corrected chi connectivity index (χ0v) is 11.1. The molecule has 0 spiro atoms. The number of rotatable bonds is 6. The molecular formula is C16H18O3. The molecule has 0 aliphatic heterocycles. The Kier molecular flexibility index (Phi) is 4.39. The minimum Gasteiger partial charge on any atom is -0.475 e. The van der Waals surface area contributed by atoms with Crippen molar-refractivity contribution in [2.24, 2.45) is 0 Å². The van der Waals surface area contributed by atoms with E-state index in [4.69, 9.17) is 9.52 Å². The first-order chi connectivity index (χ1) is 9.19. The van der Waals surface area contributed by atoms with Crippen molar-refractivity contribution in [1.82, 2.24) is 0 Å². The van der Waals surface area contributed by atoms with Crippen LogP contribution >= 0.6 is 0 Å². The lowest BCUT2D eigenvalue weighted by atomic mass is 10.0. The Labute approximate surface area is 112 Å². The lowest BCUT2D eigenvalue weighted by Gasteiger charge is -2.02. The molecule has 0 atom stereocenters. The van der Waals surface area contributed by atoms with E-state index in [9.17, 15) is 4.79 Å². The van der Waals surface area contributed by atoms with Crippen LogP contribution in [-0.2, 0) is 12.8 Å². The first-order valence-electron chi connectivity index (χ1n) is 6.59. The van der Waals surface area contributed by atoms with E-state index >= 15 is 0 Å². The van der Waals surface area contributed by atoms with Crippen LogP contribution in [0.3, 0.4) is 0 Å². The van der Waals surface area contributed by atoms with Gasteiger partial charge in [-0.2, -0.15) is 0 Å². The van der Waals surface area contributed by atoms with Crippen LogP contribution in [0.1, 0.15) is 47.2 Å². The molecule has 2 aromatic rings. The number of aromatic carboxylic acids is 1. The van der Waals surface area contributed by atoms with E-state index in [1.165, 1.54) is 24.5 Å². The fraction of sp³-hybridized carbons (Fsp3) is 0.312. The molecule has 100 valence electrons. The highest BCUT2D eigenvalue weighted by molar-refractivity contribution is 5.84. The Balaban J connectivity index is 2.00. The Hall–Kier alpha value is -2.03. The minimum absolute atomic E-state index is 0.00503. The van der Waals surface area contributed by atoms with E-state index in [1.54, 1.807) is 6.07 Å². The van der Waals surface area contributed by atoms with Gasteiger partial charge in [0.1, 0.15) is 5.76 Å². The largest absolute Gasteiger partial charge is 0.475 e. The van der Waals surface area contributed by atoms with Crippen LogP contribution in [0.4, 0.5) is 0 Å². The number of carboxylic acid groups (broad SMARTS) is 1. The molecule has 0 fully saturated rings. The van der Waals surface area contributed by atoms with Crippen LogP contribution in [0.15, 0.2) is 40.8 Å². The van der Waals surface area contributed by atoms with Gasteiger partial charge in [0.05, 0.1) is 0 Å². The average Bonchev–Trinajstić information content (AvgIpc) is 2.87. The fourth-order valence-corrected chi connectivity index (χ4v) is 1.99. The number of carboxylic acids is 1. The molecule has 0 bridgehead atoms. The maximum Gasteiger partial charge on any atom is 0.371 e. The summed E-state index contributed by atoms with van der Waals surface area (Å²) in [5, 5.41) is 8.79. The van der Waals surface area contributed by atoms with E-state index in [1.807, 2.05) is 0 Å². The zero-order chi connectivity index (χ0) is 13.7. The molecule has 1 heterocycles. The van der Waals surface area contributed by atoms with Gasteiger partial charge in [0.25, 0.3) is 0 Å². The molecule has 0 saturated carbocycles. The van der Waals surface area contributed by atoms with Gasteiger partial charge in [-0.05, 0) is 36.1 Å². The predicted molar refractivity (Wildman–Crippen MR) is 73.5 cm³/mol. The van der Waals surface area contributed by atoms with Crippen molar-refractivity contribution in [3.63, 3.8) is 0 Å². The van der Waals surface area contributed by atoms with Crippen molar-refractivity contribution in [3.8, 4) is 0 Å². The van der Waals surface area contributed by atoms with Gasteiger partial charge in [0, 0.05) is 6.42 Å². The molecule has 0 aliphatic rings. The number of carbonyl (C=O) groups is 1. The maximum absolute atomic E-state index is 10.7. The summed E-state index contributed by atoms with van der Waals surface area (Å²) in [6, 6.07) is 11.6. The molecule has 0 saturated heterocycles. The number of hydrogen-bond donors (Lipinski definition) is 1. The molecule has 1 aromatic carbocycles. The van der Waals surface area contributed by atoms with Crippen molar-refractivity contribution in [1.29, 1.82) is 0 Å². The second-order valence-electron chi connectivity index (χ2n) is 4.67. The lowest BCUT2D eigenvalue weighted by molar-refractivity contribution is 0.0660. The van der Waals surface area contributed by atoms with Crippen LogP contribution in [0.2, 0.25) is 0 Å². The molecule has 1 N–H and O–H groups in total. The highest BCUT2D eigenvalue weighted by Crippen LogP contribution is 2.15. The number of hydrogen-bond acceptors (Lipinski definition) is 2. The van der Waals surface area contributed by atoms with Gasteiger partial charge >= 0.3 is 5.97 Å². The van der Waals surface area contributed by atoms with Gasteiger partial charge < -0.3 is 9.52 Å². The van der Waals surface area contributed by atoms with Gasteiger partial charge in [-0.3, -0.25) is 0 Å². The fourth-order valence-electron chi connectivity index (χ4n) is 1.99. The Morgan fingerprint density at radius 2 is 1.79 bits per heavy atom. The van der Waals surface area contributed by atoms with Gasteiger partial charge in [-0.15, -0.1) is 0 Å². The molecule has 2 rings (SSSR count). The lowest BCUT2D eigenvalue weighted by Crippen LogP contribution is -1.92. The highest BCUT2D eigenvalue weighted by atomic mass is 16.4. The summed E-state index contributed by atoms with van der Waals surface area (Å²) in [5.41, 5.74) is 2.47. The van der Waals surface area contributed by atoms with E-state index in [-0.39, 0.29) is 5.76 Å². The third kappa shape index (κ3) is 3.71. The molecule has 0 aliphatic carbocycles. The smallest absolute Gasteiger partial charge is 0.371 e. The molecule has 1 aromatic heterocycles. The average molecular weight is 258 g/mol. The third-order valence-corrected chi connectivity index (χ3v) is 3.09. The zero-order valence-electron chi connectivity index (χ0n) is 11.1. The molecule has 3 heteroatoms. The van der Waals surface area contributed by atoms with Gasteiger partial charge in [0.2, 0.25) is 5.76 Å². The Bertz CT molecular complexity index is 537. The highest BCUT2D eigenvalue weighted by Gasteiger charge is 2.09. The summed E-state index contributed by atoms with van der Waals surface area (Å²) in [4.78, 5) is 10.7. The molecule has 3 nitrogen and oxygen atoms in total. The molecule has 19 heavy (non-hydrogen) atoms. The standard InChI is InChI=1S/C16H18O3/c1-2-3-4-12-5-7-13(8-6-12)11-14-9-10-15(19-14)16(17)18/h5-10H,2-4,11H2,1H3,(H,17,18). The summed E-state index contributed by atoms with van der Waals surface area (Å²) >= 11 is 0. The van der Waals surface area contributed by atoms with Crippen LogP contribution in [0.5, 0.6) is 0 Å². The second kappa shape index (κ2) is 6.23. The van der Waals surface area contributed by atoms with E-state index in [2.05, 4.69) is 31.2 Å². The number of benzene rings is 1. The summed E-state index contributed by atoms with van der Waals surface area (Å²) in [6.07, 6.45) is 4.15. The van der Waals surface area contributed by atoms with Crippen LogP contribution in [0, 0.1) is 0 Å². The van der Waals surface area contributed by atoms with Crippen molar-refractivity contribution in [2.75, 3.05) is 0 Å². The SMILES string of the molecule is CCCCc1ccc(Cc2ccc(C(=O)O)o2)cc1. The van der Waals surface area contributed by atoms with E-state index in [0.717, 1.165) is 12.0 Å². The molecular weight excluding hydrogens is 240 g/mol. The number of furan rings is 1. The first-order valence-corrected chi connectivity index (χ1v) is 6.59. The topological polar surface area (TPSA) is 50.4 Å². The third-order valence-electron chi connectivity index (χ3n) is 3.09. The minimum atomic E-state index is -1.03. The van der Waals surface area contributed by atoms with Gasteiger partial charge in [-0.1, -0.05) is 37.6 Å². The monoisotopic (exact) mass is 258 g/mol. The van der Waals surface area contributed by atoms with Crippen molar-refractivity contribution < 1.29 is 14.3 Å². The van der Waals surface area contributed by atoms with Crippen molar-refractivity contribution >= 4 is 5.97 Å². The first kappa shape index (κ1) is 13.4. The number of unbranched alkanes of at least 4 members (excludes halogenated alkanes) is 1. The Morgan fingerprint density at radius 3 is 2.37 bits per heavy atom. The summed E-state index contributed by atoms with van der Waals surface area (Å²) in [7, 11) is 0. The van der Waals surface area contributed by atoms with Crippen LogP contribution in [-0.4, -0.2) is 11.1 Å². The molecule has 0 radical (unpaired) electrons. The Morgan fingerprint density at radius 1 is 1.11 bits per heavy atom. The van der Waals surface area contributed by atoms with Gasteiger partial charge in [-0.25, -0.2) is 4.79 Å². The summed E-state index contributed by atoms with van der Waals surface area (Å²) < 4.78 is 5.24. The van der Waals surface area contributed by atoms with Gasteiger partial charge in [0.15, 0.2) is 0 Å². The predicted octanol–water partition coefficient (Wildman–Crippen LogP) is 3.91. The van der Waals surface area contributed by atoms with Crippen LogP contribution < -0.4 is 0 Å². The van der Waals surface area contributed by atoms with Crippen molar-refractivity contribution in [3.05, 3.63) is 59.0 Å².